The number of nitrogens with zero attached hydrogens (tertiary/aromatic N) is 2. The molecular formula is C11H17N3O3. The fourth-order valence-corrected chi connectivity index (χ4v) is 1.24. The zero-order valence-corrected chi connectivity index (χ0v) is 10.7. The fraction of sp³-hybridized carbons (Fsp3) is 0.636. The molecule has 0 saturated heterocycles. The van der Waals surface area contributed by atoms with Gasteiger partial charge in [-0.05, 0) is 13.8 Å². The summed E-state index contributed by atoms with van der Waals surface area (Å²) in [6.07, 6.45) is 0. The van der Waals surface area contributed by atoms with Gasteiger partial charge in [-0.15, -0.1) is 5.10 Å². The molecule has 1 heterocycles. The number of primary amides is 1. The van der Waals surface area contributed by atoms with E-state index in [0.29, 0.717) is 5.76 Å². The van der Waals surface area contributed by atoms with Crippen molar-refractivity contribution in [2.75, 3.05) is 0 Å². The monoisotopic (exact) mass is 239 g/mol. The molecule has 0 radical (unpaired) electrons. The van der Waals surface area contributed by atoms with Crippen LogP contribution >= 0.6 is 0 Å². The molecule has 2 N–H and O–H groups in total. The summed E-state index contributed by atoms with van der Waals surface area (Å²) >= 11 is 0. The maximum absolute atomic E-state index is 12.2. The number of nitrogens with two attached hydrogens (primary N) is 1. The van der Waals surface area contributed by atoms with Gasteiger partial charge in [0.1, 0.15) is 5.41 Å². The Hall–Kier alpha value is -1.72. The summed E-state index contributed by atoms with van der Waals surface area (Å²) < 4.78 is 4.99. The number of aromatic nitrogens is 2. The van der Waals surface area contributed by atoms with Crippen LogP contribution in [-0.4, -0.2) is 22.1 Å². The zero-order valence-electron chi connectivity index (χ0n) is 10.7. The number of ketones is 1. The van der Waals surface area contributed by atoms with Gasteiger partial charge in [0, 0.05) is 10.7 Å². The summed E-state index contributed by atoms with van der Waals surface area (Å²) in [6, 6.07) is 0. The van der Waals surface area contributed by atoms with E-state index >= 15 is 0 Å². The van der Waals surface area contributed by atoms with Crippen LogP contribution in [-0.2, 0) is 10.2 Å². The van der Waals surface area contributed by atoms with Gasteiger partial charge in [-0.3, -0.25) is 9.59 Å². The largest absolute Gasteiger partial charge is 0.369 e. The third-order valence-corrected chi connectivity index (χ3v) is 2.57. The first-order valence-electron chi connectivity index (χ1n) is 5.26. The normalized spacial score (nSPS) is 12.5. The number of carbonyl (C=O) groups excluding carboxylic acids is 2. The van der Waals surface area contributed by atoms with Crippen LogP contribution in [0.25, 0.3) is 0 Å². The van der Waals surface area contributed by atoms with Crippen molar-refractivity contribution < 1.29 is 14.1 Å². The fourth-order valence-electron chi connectivity index (χ4n) is 1.24. The van der Waals surface area contributed by atoms with E-state index in [0.717, 1.165) is 0 Å². The van der Waals surface area contributed by atoms with Crippen LogP contribution in [0.3, 0.4) is 0 Å². The molecule has 6 heteroatoms. The Labute approximate surface area is 99.5 Å². The van der Waals surface area contributed by atoms with E-state index < -0.39 is 22.5 Å². The van der Waals surface area contributed by atoms with E-state index in [1.807, 2.05) is 20.8 Å². The third-order valence-electron chi connectivity index (χ3n) is 2.57. The highest BCUT2D eigenvalue weighted by Crippen LogP contribution is 2.29. The van der Waals surface area contributed by atoms with Gasteiger partial charge >= 0.3 is 0 Å². The van der Waals surface area contributed by atoms with Gasteiger partial charge < -0.3 is 10.3 Å². The van der Waals surface area contributed by atoms with Crippen LogP contribution in [0, 0.1) is 5.41 Å². The number of hydrogen-bond donors (Lipinski definition) is 1. The topological polar surface area (TPSA) is 99.1 Å². The lowest BCUT2D eigenvalue weighted by molar-refractivity contribution is -0.123. The molecule has 0 unspecified atom stereocenters. The summed E-state index contributed by atoms with van der Waals surface area (Å²) in [6.45, 7) is 8.51. The Kier molecular flexibility index (Phi) is 3.09. The van der Waals surface area contributed by atoms with Gasteiger partial charge in [0.2, 0.25) is 11.7 Å². The SMILES string of the molecule is CC(C)(C(N)=O)C(=O)c1nnoc1C(C)(C)C. The highest BCUT2D eigenvalue weighted by molar-refractivity contribution is 6.12. The summed E-state index contributed by atoms with van der Waals surface area (Å²) in [5.41, 5.74) is 3.53. The van der Waals surface area contributed by atoms with Crippen molar-refractivity contribution in [3.63, 3.8) is 0 Å². The first-order chi connectivity index (χ1) is 7.58. The lowest BCUT2D eigenvalue weighted by atomic mass is 9.82. The van der Waals surface area contributed by atoms with Crippen molar-refractivity contribution in [2.45, 2.75) is 40.0 Å². The van der Waals surface area contributed by atoms with Gasteiger partial charge in [-0.2, -0.15) is 0 Å². The second-order valence-corrected chi connectivity index (χ2v) is 5.52. The molecule has 0 aliphatic rings. The molecule has 94 valence electrons. The highest BCUT2D eigenvalue weighted by Gasteiger charge is 2.40. The second kappa shape index (κ2) is 3.94. The molecule has 17 heavy (non-hydrogen) atoms. The average molecular weight is 239 g/mol. The molecule has 0 aromatic carbocycles. The molecule has 0 aliphatic carbocycles. The van der Waals surface area contributed by atoms with Crippen molar-refractivity contribution in [3.05, 3.63) is 11.5 Å². The van der Waals surface area contributed by atoms with E-state index in [9.17, 15) is 9.59 Å². The Morgan fingerprint density at radius 2 is 1.71 bits per heavy atom. The van der Waals surface area contributed by atoms with E-state index in [2.05, 4.69) is 10.4 Å². The maximum Gasteiger partial charge on any atom is 0.230 e. The molecule has 0 bridgehead atoms. The van der Waals surface area contributed by atoms with Gasteiger partial charge in [0.05, 0.1) is 0 Å². The predicted molar refractivity (Wildman–Crippen MR) is 60.3 cm³/mol. The Bertz CT molecular complexity index is 455. The second-order valence-electron chi connectivity index (χ2n) is 5.52. The van der Waals surface area contributed by atoms with Crippen LogP contribution in [0.1, 0.15) is 50.9 Å². The smallest absolute Gasteiger partial charge is 0.230 e. The van der Waals surface area contributed by atoms with Crippen LogP contribution < -0.4 is 5.73 Å². The first kappa shape index (κ1) is 13.3. The standard InChI is InChI=1S/C11H17N3O3/c1-10(2,3)8-6(13-14-17-8)7(15)11(4,5)9(12)16/h1-5H3,(H2,12,16). The molecule has 1 aromatic rings. The molecular weight excluding hydrogens is 222 g/mol. The highest BCUT2D eigenvalue weighted by atomic mass is 16.5. The van der Waals surface area contributed by atoms with Crippen LogP contribution in [0.4, 0.5) is 0 Å². The number of amides is 1. The molecule has 6 nitrogen and oxygen atoms in total. The van der Waals surface area contributed by atoms with Gasteiger partial charge in [0.15, 0.2) is 11.5 Å². The zero-order chi connectivity index (χ0) is 13.4. The van der Waals surface area contributed by atoms with Crippen molar-refractivity contribution in [1.82, 2.24) is 10.4 Å². The molecule has 0 saturated carbocycles. The van der Waals surface area contributed by atoms with Gasteiger partial charge in [-0.25, -0.2) is 0 Å². The van der Waals surface area contributed by atoms with Crippen molar-refractivity contribution in [1.29, 1.82) is 0 Å². The van der Waals surface area contributed by atoms with Crippen molar-refractivity contribution >= 4 is 11.7 Å². The lowest BCUT2D eigenvalue weighted by Crippen LogP contribution is -2.39. The van der Waals surface area contributed by atoms with Crippen LogP contribution in [0.15, 0.2) is 4.52 Å². The minimum atomic E-state index is -1.32. The number of rotatable bonds is 3. The Morgan fingerprint density at radius 3 is 2.12 bits per heavy atom. The molecule has 1 rings (SSSR count). The van der Waals surface area contributed by atoms with Crippen molar-refractivity contribution in [2.24, 2.45) is 11.1 Å². The maximum atomic E-state index is 12.2. The summed E-state index contributed by atoms with van der Waals surface area (Å²) in [5.74, 6) is -0.821. The minimum absolute atomic E-state index is 0.0706. The van der Waals surface area contributed by atoms with E-state index in [1.165, 1.54) is 13.8 Å². The van der Waals surface area contributed by atoms with Crippen molar-refractivity contribution in [3.8, 4) is 0 Å². The molecule has 1 aromatic heterocycles. The minimum Gasteiger partial charge on any atom is -0.369 e. The number of Topliss-reactive ketones (excluding diaryl/α,β-unsaturated/α-hetero) is 1. The predicted octanol–water partition coefficient (Wildman–Crippen LogP) is 1.06. The summed E-state index contributed by atoms with van der Waals surface area (Å²) in [5, 5.41) is 7.04. The summed E-state index contributed by atoms with van der Waals surface area (Å²) in [4.78, 5) is 23.4. The average Bonchev–Trinajstić information content (AvgIpc) is 2.63. The van der Waals surface area contributed by atoms with E-state index in [-0.39, 0.29) is 5.69 Å². The van der Waals surface area contributed by atoms with Gasteiger partial charge in [-0.1, -0.05) is 20.8 Å². The van der Waals surface area contributed by atoms with Crippen LogP contribution in [0.2, 0.25) is 0 Å². The number of hydrogen-bond acceptors (Lipinski definition) is 5. The first-order valence-corrected chi connectivity index (χ1v) is 5.26. The van der Waals surface area contributed by atoms with Crippen LogP contribution in [0.5, 0.6) is 0 Å². The molecule has 0 fully saturated rings. The molecule has 1 amide bonds. The Morgan fingerprint density at radius 1 is 1.18 bits per heavy atom. The molecule has 0 aliphatic heterocycles. The van der Waals surface area contributed by atoms with E-state index in [4.69, 9.17) is 10.3 Å². The number of carbonyl (C=O) groups is 2. The Balaban J connectivity index is 3.24. The quantitative estimate of drug-likeness (QED) is 0.628. The van der Waals surface area contributed by atoms with E-state index in [1.54, 1.807) is 0 Å². The van der Waals surface area contributed by atoms with Gasteiger partial charge in [0.25, 0.3) is 0 Å². The molecule has 0 spiro atoms. The molecule has 0 atom stereocenters. The lowest BCUT2D eigenvalue weighted by Gasteiger charge is -2.20. The summed E-state index contributed by atoms with van der Waals surface area (Å²) in [7, 11) is 0. The third kappa shape index (κ3) is 2.35.